The van der Waals surface area contributed by atoms with E-state index in [0.717, 1.165) is 31.6 Å². The van der Waals surface area contributed by atoms with Gasteiger partial charge in [-0.1, -0.05) is 26.2 Å². The van der Waals surface area contributed by atoms with Gasteiger partial charge in [0.05, 0.1) is 25.4 Å². The van der Waals surface area contributed by atoms with Crippen LogP contribution in [0, 0.1) is 11.8 Å². The molecular weight excluding hydrogens is 304 g/mol. The predicted octanol–water partition coefficient (Wildman–Crippen LogP) is 3.18. The molecule has 24 heavy (non-hydrogen) atoms. The summed E-state index contributed by atoms with van der Waals surface area (Å²) in [5, 5.41) is 3.33. The molecule has 0 aromatic heterocycles. The molecule has 1 heterocycles. The van der Waals surface area contributed by atoms with Gasteiger partial charge in [-0.2, -0.15) is 0 Å². The smallest absolute Gasteiger partial charge is 0.318 e. The van der Waals surface area contributed by atoms with Crippen LogP contribution in [0.3, 0.4) is 0 Å². The van der Waals surface area contributed by atoms with E-state index in [-0.39, 0.29) is 18.2 Å². The van der Waals surface area contributed by atoms with E-state index < -0.39 is 0 Å². The fourth-order valence-corrected chi connectivity index (χ4v) is 4.81. The maximum absolute atomic E-state index is 12.9. The Hall–Kier alpha value is -0.810. The van der Waals surface area contributed by atoms with Gasteiger partial charge >= 0.3 is 6.03 Å². The molecule has 2 saturated carbocycles. The van der Waals surface area contributed by atoms with E-state index in [1.165, 1.54) is 25.7 Å². The van der Waals surface area contributed by atoms with Crippen LogP contribution in [-0.2, 0) is 9.47 Å². The van der Waals surface area contributed by atoms with Crippen LogP contribution >= 0.6 is 0 Å². The molecule has 138 valence electrons. The number of carbonyl (C=O) groups excluding carboxylic acids is 1. The third-order valence-electron chi connectivity index (χ3n) is 6.31. The minimum Gasteiger partial charge on any atom is -0.381 e. The van der Waals surface area contributed by atoms with Crippen molar-refractivity contribution in [1.82, 2.24) is 10.2 Å². The number of hydrogen-bond donors (Lipinski definition) is 1. The van der Waals surface area contributed by atoms with E-state index in [2.05, 4.69) is 12.2 Å². The van der Waals surface area contributed by atoms with Gasteiger partial charge < -0.3 is 19.7 Å². The normalized spacial score (nSPS) is 37.9. The van der Waals surface area contributed by atoms with Crippen molar-refractivity contribution in [3.05, 3.63) is 0 Å². The Morgan fingerprint density at radius 2 is 1.96 bits per heavy atom. The lowest BCUT2D eigenvalue weighted by molar-refractivity contribution is -0.0403. The fourth-order valence-electron chi connectivity index (χ4n) is 4.81. The monoisotopic (exact) mass is 338 g/mol. The summed E-state index contributed by atoms with van der Waals surface area (Å²) in [6, 6.07) is 0.619. The van der Waals surface area contributed by atoms with Crippen LogP contribution in [0.15, 0.2) is 0 Å². The Morgan fingerprint density at radius 3 is 2.79 bits per heavy atom. The van der Waals surface area contributed by atoms with Crippen molar-refractivity contribution in [1.29, 1.82) is 0 Å². The van der Waals surface area contributed by atoms with Gasteiger partial charge in [-0.15, -0.1) is 0 Å². The van der Waals surface area contributed by atoms with E-state index in [9.17, 15) is 4.79 Å². The van der Waals surface area contributed by atoms with Crippen LogP contribution in [0.5, 0.6) is 0 Å². The molecule has 0 aromatic rings. The van der Waals surface area contributed by atoms with Crippen molar-refractivity contribution < 1.29 is 14.3 Å². The van der Waals surface area contributed by atoms with Crippen LogP contribution in [-0.4, -0.2) is 56.0 Å². The SMILES string of the molecule is COC1CCCC1C1COCCN1C(=O)NC1CCCC(C)CC1. The van der Waals surface area contributed by atoms with Gasteiger partial charge in [0, 0.05) is 25.6 Å². The number of urea groups is 1. The Labute approximate surface area is 146 Å². The quantitative estimate of drug-likeness (QED) is 0.804. The summed E-state index contributed by atoms with van der Waals surface area (Å²) in [6.07, 6.45) is 9.69. The third kappa shape index (κ3) is 4.23. The fraction of sp³-hybridized carbons (Fsp3) is 0.947. The zero-order valence-corrected chi connectivity index (χ0v) is 15.3. The van der Waals surface area contributed by atoms with Gasteiger partial charge in [-0.25, -0.2) is 4.79 Å². The molecule has 1 saturated heterocycles. The molecule has 0 radical (unpaired) electrons. The molecule has 0 spiro atoms. The number of ether oxygens (including phenoxy) is 2. The van der Waals surface area contributed by atoms with E-state index in [1.54, 1.807) is 7.11 Å². The van der Waals surface area contributed by atoms with E-state index in [0.29, 0.717) is 31.7 Å². The minimum absolute atomic E-state index is 0.115. The molecular formula is C19H34N2O3. The second-order valence-electron chi connectivity index (χ2n) is 7.96. The van der Waals surface area contributed by atoms with E-state index in [1.807, 2.05) is 4.90 Å². The zero-order valence-electron chi connectivity index (χ0n) is 15.3. The highest BCUT2D eigenvalue weighted by atomic mass is 16.5. The number of nitrogens with zero attached hydrogens (tertiary/aromatic N) is 1. The van der Waals surface area contributed by atoms with Gasteiger partial charge in [0.25, 0.3) is 0 Å². The Morgan fingerprint density at radius 1 is 1.12 bits per heavy atom. The molecule has 5 unspecified atom stereocenters. The summed E-state index contributed by atoms with van der Waals surface area (Å²) < 4.78 is 11.4. The van der Waals surface area contributed by atoms with Crippen molar-refractivity contribution in [3.63, 3.8) is 0 Å². The summed E-state index contributed by atoms with van der Waals surface area (Å²) in [7, 11) is 1.80. The highest BCUT2D eigenvalue weighted by molar-refractivity contribution is 5.75. The molecule has 0 aromatic carbocycles. The average molecular weight is 338 g/mol. The number of methoxy groups -OCH3 is 1. The van der Waals surface area contributed by atoms with Gasteiger partial charge in [0.2, 0.25) is 0 Å². The first-order valence-corrected chi connectivity index (χ1v) is 9.86. The van der Waals surface area contributed by atoms with Gasteiger partial charge in [0.15, 0.2) is 0 Å². The standard InChI is InChI=1S/C19H34N2O3/c1-14-5-3-6-15(10-9-14)20-19(22)21-11-12-24-13-17(21)16-7-4-8-18(16)23-2/h14-18H,3-13H2,1-2H3,(H,20,22). The van der Waals surface area contributed by atoms with Crippen LogP contribution in [0.4, 0.5) is 4.79 Å². The predicted molar refractivity (Wildman–Crippen MR) is 94.0 cm³/mol. The highest BCUT2D eigenvalue weighted by Gasteiger charge is 2.40. The Balaban J connectivity index is 1.60. The molecule has 3 rings (SSSR count). The maximum atomic E-state index is 12.9. The number of hydrogen-bond acceptors (Lipinski definition) is 3. The summed E-state index contributed by atoms with van der Waals surface area (Å²) >= 11 is 0. The summed E-state index contributed by atoms with van der Waals surface area (Å²) in [6.45, 7) is 4.33. The third-order valence-corrected chi connectivity index (χ3v) is 6.31. The second kappa shape index (κ2) is 8.52. The molecule has 5 atom stereocenters. The van der Waals surface area contributed by atoms with Crippen molar-refractivity contribution in [2.75, 3.05) is 26.9 Å². The van der Waals surface area contributed by atoms with Crippen molar-refractivity contribution >= 4 is 6.03 Å². The molecule has 5 heteroatoms. The Kier molecular flexibility index (Phi) is 6.39. The topological polar surface area (TPSA) is 50.8 Å². The molecule has 2 amide bonds. The van der Waals surface area contributed by atoms with Crippen LogP contribution in [0.25, 0.3) is 0 Å². The van der Waals surface area contributed by atoms with Crippen LogP contribution < -0.4 is 5.32 Å². The summed E-state index contributed by atoms with van der Waals surface area (Å²) in [5.74, 6) is 1.21. The van der Waals surface area contributed by atoms with Crippen molar-refractivity contribution in [3.8, 4) is 0 Å². The van der Waals surface area contributed by atoms with Crippen molar-refractivity contribution in [2.45, 2.75) is 76.5 Å². The minimum atomic E-state index is 0.115. The highest BCUT2D eigenvalue weighted by Crippen LogP contribution is 2.34. The molecule has 5 nitrogen and oxygen atoms in total. The molecule has 3 fully saturated rings. The number of nitrogens with one attached hydrogen (secondary N) is 1. The second-order valence-corrected chi connectivity index (χ2v) is 7.96. The summed E-state index contributed by atoms with van der Waals surface area (Å²) in [4.78, 5) is 15.0. The molecule has 2 aliphatic carbocycles. The number of morpholine rings is 1. The van der Waals surface area contributed by atoms with Gasteiger partial charge in [0.1, 0.15) is 0 Å². The lowest BCUT2D eigenvalue weighted by Gasteiger charge is -2.41. The largest absolute Gasteiger partial charge is 0.381 e. The molecule has 0 bridgehead atoms. The lowest BCUT2D eigenvalue weighted by atomic mass is 9.94. The lowest BCUT2D eigenvalue weighted by Crippen LogP contribution is -2.57. The van der Waals surface area contributed by atoms with Gasteiger partial charge in [-0.05, 0) is 38.0 Å². The maximum Gasteiger partial charge on any atom is 0.318 e. The van der Waals surface area contributed by atoms with E-state index in [4.69, 9.17) is 9.47 Å². The number of rotatable bonds is 3. The first kappa shape index (κ1) is 18.0. The van der Waals surface area contributed by atoms with Crippen LogP contribution in [0.2, 0.25) is 0 Å². The Bertz CT molecular complexity index is 417. The first-order valence-electron chi connectivity index (χ1n) is 9.86. The molecule has 1 aliphatic heterocycles. The zero-order chi connectivity index (χ0) is 16.9. The molecule has 3 aliphatic rings. The number of amides is 2. The van der Waals surface area contributed by atoms with Gasteiger partial charge in [-0.3, -0.25) is 0 Å². The molecule has 1 N–H and O–H groups in total. The summed E-state index contributed by atoms with van der Waals surface area (Å²) in [5.41, 5.74) is 0. The number of carbonyl (C=O) groups is 1. The van der Waals surface area contributed by atoms with Crippen molar-refractivity contribution in [2.24, 2.45) is 11.8 Å². The first-order chi connectivity index (χ1) is 11.7. The average Bonchev–Trinajstić information content (AvgIpc) is 2.98. The van der Waals surface area contributed by atoms with E-state index >= 15 is 0 Å². The van der Waals surface area contributed by atoms with Crippen LogP contribution in [0.1, 0.15) is 58.3 Å².